The number of nitrogens with one attached hydrogen (secondary N) is 1. The first-order chi connectivity index (χ1) is 13.7. The third-order valence-electron chi connectivity index (χ3n) is 5.96. The topological polar surface area (TPSA) is 49.4 Å². The van der Waals surface area contributed by atoms with Gasteiger partial charge >= 0.3 is 0 Å². The van der Waals surface area contributed by atoms with Crippen molar-refractivity contribution in [2.24, 2.45) is 5.41 Å². The molecule has 28 heavy (non-hydrogen) atoms. The number of carbonyl (C=O) groups is 2. The molecule has 1 aliphatic carbocycles. The number of benzene rings is 2. The Kier molecular flexibility index (Phi) is 5.29. The molecule has 1 N–H and O–H groups in total. The van der Waals surface area contributed by atoms with Crippen LogP contribution in [0, 0.1) is 5.41 Å². The summed E-state index contributed by atoms with van der Waals surface area (Å²) in [7, 11) is 0. The summed E-state index contributed by atoms with van der Waals surface area (Å²) in [5, 5.41) is 3.14. The van der Waals surface area contributed by atoms with Crippen LogP contribution in [0.3, 0.4) is 0 Å². The maximum absolute atomic E-state index is 12.8. The predicted molar refractivity (Wildman–Crippen MR) is 109 cm³/mol. The van der Waals surface area contributed by atoms with Crippen LogP contribution >= 0.6 is 0 Å². The van der Waals surface area contributed by atoms with E-state index < -0.39 is 0 Å². The Labute approximate surface area is 166 Å². The summed E-state index contributed by atoms with van der Waals surface area (Å²) in [5.74, 6) is 0.133. The van der Waals surface area contributed by atoms with Gasteiger partial charge in [0, 0.05) is 29.6 Å². The van der Waals surface area contributed by atoms with E-state index in [1.54, 1.807) is 0 Å². The highest BCUT2D eigenvalue weighted by atomic mass is 16.2. The van der Waals surface area contributed by atoms with Gasteiger partial charge in [0.2, 0.25) is 5.91 Å². The van der Waals surface area contributed by atoms with E-state index in [1.807, 2.05) is 53.4 Å². The number of rotatable bonds is 5. The van der Waals surface area contributed by atoms with E-state index in [4.69, 9.17) is 0 Å². The molecule has 1 heterocycles. The minimum Gasteiger partial charge on any atom is -0.351 e. The van der Waals surface area contributed by atoms with E-state index in [9.17, 15) is 9.59 Å². The van der Waals surface area contributed by atoms with Crippen molar-refractivity contribution in [3.63, 3.8) is 0 Å². The number of amides is 2. The lowest BCUT2D eigenvalue weighted by Crippen LogP contribution is -2.50. The normalized spacial score (nSPS) is 21.6. The van der Waals surface area contributed by atoms with Crippen LogP contribution in [0.4, 0.5) is 0 Å². The molecular weight excluding hydrogens is 348 g/mol. The molecule has 1 saturated heterocycles. The number of hydrogen-bond acceptors (Lipinski definition) is 2. The van der Waals surface area contributed by atoms with Crippen molar-refractivity contribution >= 4 is 11.8 Å². The fourth-order valence-electron chi connectivity index (χ4n) is 4.44. The van der Waals surface area contributed by atoms with Gasteiger partial charge in [-0.15, -0.1) is 0 Å². The lowest BCUT2D eigenvalue weighted by molar-refractivity contribution is -0.134. The largest absolute Gasteiger partial charge is 0.351 e. The van der Waals surface area contributed by atoms with Crippen molar-refractivity contribution in [2.75, 3.05) is 6.54 Å². The Balaban J connectivity index is 1.54. The quantitative estimate of drug-likeness (QED) is 0.849. The van der Waals surface area contributed by atoms with Crippen LogP contribution in [0.25, 0.3) is 0 Å². The van der Waals surface area contributed by atoms with Gasteiger partial charge in [0.15, 0.2) is 0 Å². The van der Waals surface area contributed by atoms with Crippen LogP contribution in [-0.4, -0.2) is 23.3 Å². The third kappa shape index (κ3) is 3.72. The number of nitrogens with zero attached hydrogens (tertiary/aromatic N) is 1. The molecule has 1 unspecified atom stereocenters. The number of allylic oxidation sites excluding steroid dienone is 1. The number of fused-ring (bicyclic) bond motifs is 1. The lowest BCUT2D eigenvalue weighted by atomic mass is 9.69. The maximum Gasteiger partial charge on any atom is 0.251 e. The van der Waals surface area contributed by atoms with Crippen molar-refractivity contribution in [1.82, 2.24) is 10.2 Å². The number of piperidine rings is 1. The van der Waals surface area contributed by atoms with Gasteiger partial charge in [-0.3, -0.25) is 9.59 Å². The zero-order valence-electron chi connectivity index (χ0n) is 16.1. The number of carbonyl (C=O) groups excluding carboxylic acids is 2. The van der Waals surface area contributed by atoms with Gasteiger partial charge in [-0.1, -0.05) is 54.6 Å². The summed E-state index contributed by atoms with van der Waals surface area (Å²) < 4.78 is 0. The first kappa shape index (κ1) is 18.5. The highest BCUT2D eigenvalue weighted by molar-refractivity contribution is 5.94. The molecule has 1 aliphatic heterocycles. The monoisotopic (exact) mass is 374 g/mol. The minimum absolute atomic E-state index is 0.0496. The van der Waals surface area contributed by atoms with E-state index in [0.717, 1.165) is 36.9 Å². The Bertz CT molecular complexity index is 876. The van der Waals surface area contributed by atoms with Crippen LogP contribution in [0.15, 0.2) is 72.4 Å². The van der Waals surface area contributed by atoms with Crippen molar-refractivity contribution in [3.8, 4) is 0 Å². The highest BCUT2D eigenvalue weighted by Gasteiger charge is 2.44. The van der Waals surface area contributed by atoms with Crippen LogP contribution in [0.2, 0.25) is 0 Å². The molecule has 144 valence electrons. The van der Waals surface area contributed by atoms with Crippen LogP contribution in [0.5, 0.6) is 0 Å². The molecule has 4 rings (SSSR count). The molecule has 2 aromatic carbocycles. The maximum atomic E-state index is 12.8. The van der Waals surface area contributed by atoms with Crippen molar-refractivity contribution in [3.05, 3.63) is 83.6 Å². The predicted octanol–water partition coefficient (Wildman–Crippen LogP) is 4.29. The molecule has 2 aromatic rings. The molecule has 1 fully saturated rings. The molecule has 0 bridgehead atoms. The van der Waals surface area contributed by atoms with Gasteiger partial charge < -0.3 is 10.2 Å². The van der Waals surface area contributed by atoms with E-state index in [0.29, 0.717) is 25.1 Å². The van der Waals surface area contributed by atoms with Crippen molar-refractivity contribution < 1.29 is 9.59 Å². The molecule has 4 heteroatoms. The standard InChI is InChI=1S/C24H26N2O2/c27-22-14-16-24(18-25-23(28)20-11-5-2-6-12-20)15-8-7-13-21(24)26(22)17-19-9-3-1-4-10-19/h1-6,9-13H,7-8,14-18H2,(H,25,28). The molecule has 0 saturated carbocycles. The second-order valence-corrected chi connectivity index (χ2v) is 7.78. The number of hydrogen-bond donors (Lipinski definition) is 1. The second-order valence-electron chi connectivity index (χ2n) is 7.78. The fraction of sp³-hybridized carbons (Fsp3) is 0.333. The minimum atomic E-state index is -0.147. The Morgan fingerprint density at radius 1 is 1.00 bits per heavy atom. The first-order valence-corrected chi connectivity index (χ1v) is 10.1. The SMILES string of the molecule is O=C(NCC12CCCC=C1N(Cc1ccccc1)C(=O)CC2)c1ccccc1. The summed E-state index contributed by atoms with van der Waals surface area (Å²) in [6.45, 7) is 1.17. The summed E-state index contributed by atoms with van der Waals surface area (Å²) in [6, 6.07) is 19.4. The van der Waals surface area contributed by atoms with E-state index in [-0.39, 0.29) is 17.2 Å². The van der Waals surface area contributed by atoms with Gasteiger partial charge in [0.1, 0.15) is 0 Å². The van der Waals surface area contributed by atoms with Gasteiger partial charge in [0.25, 0.3) is 5.91 Å². The molecule has 2 aliphatic rings. The Morgan fingerprint density at radius 2 is 1.71 bits per heavy atom. The Hall–Kier alpha value is -2.88. The van der Waals surface area contributed by atoms with Crippen LogP contribution in [0.1, 0.15) is 48.0 Å². The van der Waals surface area contributed by atoms with Crippen molar-refractivity contribution in [2.45, 2.75) is 38.6 Å². The number of likely N-dealkylation sites (tertiary alicyclic amines) is 1. The molecule has 1 atom stereocenters. The first-order valence-electron chi connectivity index (χ1n) is 10.1. The van der Waals surface area contributed by atoms with Crippen molar-refractivity contribution in [1.29, 1.82) is 0 Å². The summed E-state index contributed by atoms with van der Waals surface area (Å²) >= 11 is 0. The smallest absolute Gasteiger partial charge is 0.251 e. The molecular formula is C24H26N2O2. The Morgan fingerprint density at radius 3 is 2.46 bits per heavy atom. The van der Waals surface area contributed by atoms with Gasteiger partial charge in [0.05, 0.1) is 6.54 Å². The average Bonchev–Trinajstić information content (AvgIpc) is 2.76. The molecule has 0 aromatic heterocycles. The van der Waals surface area contributed by atoms with E-state index >= 15 is 0 Å². The highest BCUT2D eigenvalue weighted by Crippen LogP contribution is 2.46. The molecule has 0 spiro atoms. The van der Waals surface area contributed by atoms with Crippen LogP contribution in [-0.2, 0) is 11.3 Å². The molecule has 0 radical (unpaired) electrons. The van der Waals surface area contributed by atoms with E-state index in [2.05, 4.69) is 23.5 Å². The molecule has 4 nitrogen and oxygen atoms in total. The van der Waals surface area contributed by atoms with Gasteiger partial charge in [-0.2, -0.15) is 0 Å². The van der Waals surface area contributed by atoms with Crippen LogP contribution < -0.4 is 5.32 Å². The summed E-state index contributed by atoms with van der Waals surface area (Å²) in [5.41, 5.74) is 2.76. The fourth-order valence-corrected chi connectivity index (χ4v) is 4.44. The zero-order chi connectivity index (χ0) is 19.4. The average molecular weight is 374 g/mol. The summed E-state index contributed by atoms with van der Waals surface area (Å²) in [4.78, 5) is 27.3. The zero-order valence-corrected chi connectivity index (χ0v) is 16.1. The molecule has 2 amide bonds. The summed E-state index contributed by atoms with van der Waals surface area (Å²) in [6.07, 6.45) is 6.65. The van der Waals surface area contributed by atoms with E-state index in [1.165, 1.54) is 0 Å². The lowest BCUT2D eigenvalue weighted by Gasteiger charge is -2.47. The van der Waals surface area contributed by atoms with Gasteiger partial charge in [-0.25, -0.2) is 0 Å². The van der Waals surface area contributed by atoms with Gasteiger partial charge in [-0.05, 0) is 43.4 Å². The second kappa shape index (κ2) is 8.01. The third-order valence-corrected chi connectivity index (χ3v) is 5.96.